The molecule has 3 nitrogen and oxygen atoms in total. The van der Waals surface area contributed by atoms with Crippen LogP contribution in [0.2, 0.25) is 0 Å². The monoisotopic (exact) mass is 248 g/mol. The minimum absolute atomic E-state index is 0.494. The molecule has 1 aliphatic rings. The lowest BCUT2D eigenvalue weighted by atomic mass is 9.82. The van der Waals surface area contributed by atoms with E-state index >= 15 is 0 Å². The lowest BCUT2D eigenvalue weighted by Gasteiger charge is -2.23. The number of fused-ring (bicyclic) bond motifs is 1. The van der Waals surface area contributed by atoms with Gasteiger partial charge in [0.15, 0.2) is 11.2 Å². The summed E-state index contributed by atoms with van der Waals surface area (Å²) in [7, 11) is 0. The zero-order valence-corrected chi connectivity index (χ0v) is 11.0. The summed E-state index contributed by atoms with van der Waals surface area (Å²) in [5.41, 5.74) is 1.79. The first kappa shape index (κ1) is 11.0. The van der Waals surface area contributed by atoms with Crippen LogP contribution in [0.1, 0.15) is 66.0 Å². The average Bonchev–Trinajstić information content (AvgIpc) is 2.71. The third-order valence-corrected chi connectivity index (χ3v) is 4.87. The second-order valence-corrected chi connectivity index (χ2v) is 6.11. The second kappa shape index (κ2) is 3.95. The molecule has 0 aromatic carbocycles. The van der Waals surface area contributed by atoms with Crippen molar-refractivity contribution in [2.75, 3.05) is 0 Å². The molecule has 2 heterocycles. The number of rotatable bonds is 3. The summed E-state index contributed by atoms with van der Waals surface area (Å²) in [5.74, 6) is 1.01. The van der Waals surface area contributed by atoms with Crippen LogP contribution >= 0.6 is 11.3 Å². The fraction of sp³-hybridized carbons (Fsp3) is 0.538. The Balaban J connectivity index is 2.13. The molecule has 1 aliphatic carbocycles. The molecular weight excluding hydrogens is 232 g/mol. The van der Waals surface area contributed by atoms with Crippen molar-refractivity contribution in [3.8, 4) is 0 Å². The van der Waals surface area contributed by atoms with E-state index in [1.54, 1.807) is 11.3 Å². The maximum absolute atomic E-state index is 11.3. The highest BCUT2D eigenvalue weighted by atomic mass is 32.1. The van der Waals surface area contributed by atoms with Crippen LogP contribution in [-0.4, -0.2) is 15.7 Å². The van der Waals surface area contributed by atoms with E-state index in [1.807, 2.05) is 4.40 Å². The highest BCUT2D eigenvalue weighted by molar-refractivity contribution is 7.17. The van der Waals surface area contributed by atoms with Crippen LogP contribution in [0.3, 0.4) is 0 Å². The lowest BCUT2D eigenvalue weighted by molar-refractivity contribution is 0.111. The number of nitrogens with zero attached hydrogens (tertiary/aromatic N) is 2. The number of carbonyl (C=O) groups excluding carboxylic acids is 1. The number of hydrogen-bond donors (Lipinski definition) is 0. The van der Waals surface area contributed by atoms with E-state index < -0.39 is 0 Å². The molecule has 1 fully saturated rings. The predicted octanol–water partition coefficient (Wildman–Crippen LogP) is 3.60. The fourth-order valence-corrected chi connectivity index (χ4v) is 3.26. The van der Waals surface area contributed by atoms with Crippen LogP contribution in [0.4, 0.5) is 0 Å². The van der Waals surface area contributed by atoms with Crippen molar-refractivity contribution in [2.45, 2.75) is 44.9 Å². The minimum atomic E-state index is 0.494. The first-order valence-corrected chi connectivity index (χ1v) is 6.99. The quantitative estimate of drug-likeness (QED) is 0.778. The Morgan fingerprint density at radius 1 is 1.53 bits per heavy atom. The molecule has 2 aromatic heterocycles. The molecule has 17 heavy (non-hydrogen) atoms. The van der Waals surface area contributed by atoms with Gasteiger partial charge in [0.1, 0.15) is 5.69 Å². The van der Waals surface area contributed by atoms with E-state index in [4.69, 9.17) is 0 Å². The molecule has 4 heteroatoms. The molecule has 0 saturated heterocycles. The van der Waals surface area contributed by atoms with Gasteiger partial charge in [-0.2, -0.15) is 0 Å². The number of aldehydes is 1. The van der Waals surface area contributed by atoms with E-state index in [1.165, 1.54) is 24.1 Å². The summed E-state index contributed by atoms with van der Waals surface area (Å²) in [5, 5.41) is 0. The Morgan fingerprint density at radius 3 is 2.82 bits per heavy atom. The average molecular weight is 248 g/mol. The summed E-state index contributed by atoms with van der Waals surface area (Å²) in [4.78, 5) is 18.2. The first-order valence-electron chi connectivity index (χ1n) is 6.17. The zero-order valence-electron chi connectivity index (χ0n) is 10.1. The largest absolute Gasteiger partial charge is 0.296 e. The van der Waals surface area contributed by atoms with Gasteiger partial charge in [-0.1, -0.05) is 20.3 Å². The van der Waals surface area contributed by atoms with Crippen molar-refractivity contribution in [3.63, 3.8) is 0 Å². The molecule has 0 atom stereocenters. The Bertz CT molecular complexity index is 563. The van der Waals surface area contributed by atoms with Gasteiger partial charge in [0.25, 0.3) is 0 Å². The van der Waals surface area contributed by atoms with Gasteiger partial charge in [0, 0.05) is 17.0 Å². The van der Waals surface area contributed by atoms with Crippen LogP contribution in [-0.2, 0) is 0 Å². The molecule has 0 amide bonds. The number of aromatic nitrogens is 2. The summed E-state index contributed by atoms with van der Waals surface area (Å²) in [6, 6.07) is 0. The van der Waals surface area contributed by atoms with Crippen LogP contribution in [0, 0.1) is 0 Å². The molecule has 0 bridgehead atoms. The summed E-state index contributed by atoms with van der Waals surface area (Å²) >= 11 is 1.70. The predicted molar refractivity (Wildman–Crippen MR) is 69.1 cm³/mol. The van der Waals surface area contributed by atoms with Gasteiger partial charge >= 0.3 is 0 Å². The Hall–Kier alpha value is -1.16. The SMILES string of the molecule is CC(C)c1cn2c(C=O)c(C3CCC3)nc2s1. The Kier molecular flexibility index (Phi) is 2.54. The van der Waals surface area contributed by atoms with Gasteiger partial charge in [0.2, 0.25) is 0 Å². The topological polar surface area (TPSA) is 34.4 Å². The molecule has 0 N–H and O–H groups in total. The number of carbonyl (C=O) groups is 1. The number of hydrogen-bond acceptors (Lipinski definition) is 3. The summed E-state index contributed by atoms with van der Waals surface area (Å²) in [6.07, 6.45) is 6.67. The van der Waals surface area contributed by atoms with Gasteiger partial charge in [-0.3, -0.25) is 9.20 Å². The maximum Gasteiger partial charge on any atom is 0.194 e. The number of imidazole rings is 1. The standard InChI is InChI=1S/C13H16N2OS/c1-8(2)11-6-15-10(7-16)12(9-4-3-5-9)14-13(15)17-11/h6-9H,3-5H2,1-2H3. The molecule has 3 rings (SSSR count). The molecule has 1 saturated carbocycles. The van der Waals surface area contributed by atoms with Crippen LogP contribution < -0.4 is 0 Å². The summed E-state index contributed by atoms with van der Waals surface area (Å²) in [6.45, 7) is 4.33. The lowest BCUT2D eigenvalue weighted by Crippen LogP contribution is -2.11. The Labute approximate surface area is 104 Å². The van der Waals surface area contributed by atoms with E-state index in [0.29, 0.717) is 11.8 Å². The molecular formula is C13H16N2OS. The maximum atomic E-state index is 11.3. The van der Waals surface area contributed by atoms with E-state index in [0.717, 1.165) is 22.6 Å². The molecule has 0 unspecified atom stereocenters. The number of thiazole rings is 1. The smallest absolute Gasteiger partial charge is 0.194 e. The van der Waals surface area contributed by atoms with Crippen molar-refractivity contribution in [1.29, 1.82) is 0 Å². The van der Waals surface area contributed by atoms with Crippen molar-refractivity contribution in [2.24, 2.45) is 0 Å². The van der Waals surface area contributed by atoms with E-state index in [9.17, 15) is 4.79 Å². The van der Waals surface area contributed by atoms with E-state index in [-0.39, 0.29) is 0 Å². The third kappa shape index (κ3) is 1.62. The van der Waals surface area contributed by atoms with Crippen molar-refractivity contribution >= 4 is 22.6 Å². The van der Waals surface area contributed by atoms with Crippen molar-refractivity contribution in [3.05, 3.63) is 22.5 Å². The third-order valence-electron chi connectivity index (χ3n) is 3.58. The highest BCUT2D eigenvalue weighted by Gasteiger charge is 2.27. The van der Waals surface area contributed by atoms with Gasteiger partial charge < -0.3 is 0 Å². The fourth-order valence-electron chi connectivity index (χ4n) is 2.26. The minimum Gasteiger partial charge on any atom is -0.296 e. The zero-order chi connectivity index (χ0) is 12.0. The van der Waals surface area contributed by atoms with Crippen molar-refractivity contribution < 1.29 is 4.79 Å². The molecule has 0 radical (unpaired) electrons. The molecule has 2 aromatic rings. The Morgan fingerprint density at radius 2 is 2.29 bits per heavy atom. The van der Waals surface area contributed by atoms with Gasteiger partial charge in [0.05, 0.1) is 5.69 Å². The van der Waals surface area contributed by atoms with Crippen LogP contribution in [0.25, 0.3) is 4.96 Å². The first-order chi connectivity index (χ1) is 8.20. The normalized spacial score (nSPS) is 16.6. The molecule has 0 spiro atoms. The van der Waals surface area contributed by atoms with Gasteiger partial charge in [-0.25, -0.2) is 4.98 Å². The molecule has 0 aliphatic heterocycles. The molecule has 90 valence electrons. The van der Waals surface area contributed by atoms with Crippen LogP contribution in [0.5, 0.6) is 0 Å². The van der Waals surface area contributed by atoms with Crippen molar-refractivity contribution in [1.82, 2.24) is 9.38 Å². The van der Waals surface area contributed by atoms with Crippen LogP contribution in [0.15, 0.2) is 6.20 Å². The van der Waals surface area contributed by atoms with Gasteiger partial charge in [-0.15, -0.1) is 11.3 Å². The van der Waals surface area contributed by atoms with Gasteiger partial charge in [-0.05, 0) is 18.8 Å². The summed E-state index contributed by atoms with van der Waals surface area (Å²) < 4.78 is 1.97. The highest BCUT2D eigenvalue weighted by Crippen LogP contribution is 2.38. The van der Waals surface area contributed by atoms with E-state index in [2.05, 4.69) is 25.0 Å². The second-order valence-electron chi connectivity index (χ2n) is 5.07.